The van der Waals surface area contributed by atoms with Crippen molar-refractivity contribution in [2.45, 2.75) is 19.9 Å². The number of nitrogens with one attached hydrogen (secondary N) is 2. The lowest BCUT2D eigenvalue weighted by Gasteiger charge is -2.19. The van der Waals surface area contributed by atoms with Crippen molar-refractivity contribution in [1.82, 2.24) is 10.6 Å². The van der Waals surface area contributed by atoms with Crippen LogP contribution in [-0.2, 0) is 6.54 Å². The minimum atomic E-state index is 0. The molecule has 0 spiro atoms. The van der Waals surface area contributed by atoms with E-state index in [0.29, 0.717) is 19.3 Å². The van der Waals surface area contributed by atoms with E-state index in [4.69, 9.17) is 14.5 Å². The second-order valence-corrected chi connectivity index (χ2v) is 7.20. The van der Waals surface area contributed by atoms with Gasteiger partial charge in [0, 0.05) is 31.9 Å². The first kappa shape index (κ1) is 21.5. The first-order valence-electron chi connectivity index (χ1n) is 10.0. The van der Waals surface area contributed by atoms with Gasteiger partial charge in [0.1, 0.15) is 0 Å². The van der Waals surface area contributed by atoms with Gasteiger partial charge in [-0.2, -0.15) is 0 Å². The average Bonchev–Trinajstić information content (AvgIpc) is 3.40. The van der Waals surface area contributed by atoms with Crippen LogP contribution < -0.4 is 25.0 Å². The van der Waals surface area contributed by atoms with E-state index in [0.717, 1.165) is 49.2 Å². The Labute approximate surface area is 189 Å². The van der Waals surface area contributed by atoms with Crippen LogP contribution in [-0.4, -0.2) is 38.9 Å². The molecule has 2 aromatic carbocycles. The molecule has 0 saturated carbocycles. The van der Waals surface area contributed by atoms with Crippen LogP contribution in [0, 0.1) is 5.92 Å². The van der Waals surface area contributed by atoms with E-state index in [9.17, 15) is 0 Å². The van der Waals surface area contributed by atoms with Gasteiger partial charge in [-0.25, -0.2) is 4.99 Å². The van der Waals surface area contributed by atoms with E-state index in [1.54, 1.807) is 0 Å². The zero-order chi connectivity index (χ0) is 19.2. The smallest absolute Gasteiger partial charge is 0.231 e. The maximum atomic E-state index is 5.45. The summed E-state index contributed by atoms with van der Waals surface area (Å²) in [6, 6.07) is 16.6. The Balaban J connectivity index is 0.00000240. The van der Waals surface area contributed by atoms with E-state index in [1.807, 2.05) is 18.2 Å². The van der Waals surface area contributed by atoms with Crippen molar-refractivity contribution in [2.75, 3.05) is 37.9 Å². The number of anilines is 1. The zero-order valence-electron chi connectivity index (χ0n) is 16.8. The maximum absolute atomic E-state index is 5.45. The third-order valence-electron chi connectivity index (χ3n) is 5.17. The summed E-state index contributed by atoms with van der Waals surface area (Å²) in [7, 11) is 0. The Bertz CT molecular complexity index is 816. The summed E-state index contributed by atoms with van der Waals surface area (Å²) in [6.45, 7) is 6.95. The van der Waals surface area contributed by atoms with Gasteiger partial charge in [-0.05, 0) is 49.1 Å². The van der Waals surface area contributed by atoms with Gasteiger partial charge in [-0.1, -0.05) is 24.3 Å². The Morgan fingerprint density at radius 2 is 1.93 bits per heavy atom. The summed E-state index contributed by atoms with van der Waals surface area (Å²) in [5.41, 5.74) is 2.42. The number of fused-ring (bicyclic) bond motifs is 1. The number of guanidine groups is 1. The van der Waals surface area contributed by atoms with Gasteiger partial charge in [0.15, 0.2) is 17.5 Å². The summed E-state index contributed by atoms with van der Waals surface area (Å²) in [6.07, 6.45) is 1.20. The Hall–Kier alpha value is -2.16. The molecule has 2 aromatic rings. The molecule has 6 nitrogen and oxygen atoms in total. The lowest BCUT2D eigenvalue weighted by atomic mass is 10.1. The molecule has 1 fully saturated rings. The summed E-state index contributed by atoms with van der Waals surface area (Å²) in [5, 5.41) is 6.85. The van der Waals surface area contributed by atoms with E-state index >= 15 is 0 Å². The molecule has 2 N–H and O–H groups in total. The van der Waals surface area contributed by atoms with Gasteiger partial charge in [0.05, 0.1) is 6.54 Å². The molecule has 0 aromatic heterocycles. The molecule has 0 aliphatic carbocycles. The van der Waals surface area contributed by atoms with Crippen LogP contribution >= 0.6 is 24.0 Å². The van der Waals surface area contributed by atoms with Crippen molar-refractivity contribution in [3.05, 3.63) is 54.1 Å². The van der Waals surface area contributed by atoms with Crippen molar-refractivity contribution in [1.29, 1.82) is 0 Å². The van der Waals surface area contributed by atoms with Crippen LogP contribution in [0.25, 0.3) is 0 Å². The molecule has 0 radical (unpaired) electrons. The lowest BCUT2D eigenvalue weighted by molar-refractivity contribution is 0.174. The number of ether oxygens (including phenoxy) is 2. The molecule has 2 aliphatic rings. The highest BCUT2D eigenvalue weighted by molar-refractivity contribution is 14.0. The molecule has 1 unspecified atom stereocenters. The van der Waals surface area contributed by atoms with E-state index in [2.05, 4.69) is 52.8 Å². The van der Waals surface area contributed by atoms with E-state index in [-0.39, 0.29) is 24.0 Å². The van der Waals surface area contributed by atoms with Gasteiger partial charge in [-0.15, -0.1) is 24.0 Å². The maximum Gasteiger partial charge on any atom is 0.231 e. The Morgan fingerprint density at radius 1 is 1.10 bits per heavy atom. The monoisotopic (exact) mass is 508 g/mol. The average molecular weight is 508 g/mol. The molecule has 0 amide bonds. The van der Waals surface area contributed by atoms with E-state index < -0.39 is 0 Å². The molecular formula is C22H29IN4O2. The SMILES string of the molecule is CCNC(=NCc1ccc2c(c1)OCO2)NCC1CCN(c2ccccc2)C1.I. The van der Waals surface area contributed by atoms with Crippen molar-refractivity contribution in [2.24, 2.45) is 10.9 Å². The molecular weight excluding hydrogens is 479 g/mol. The van der Waals surface area contributed by atoms with Gasteiger partial charge in [0.25, 0.3) is 0 Å². The highest BCUT2D eigenvalue weighted by Gasteiger charge is 2.22. The van der Waals surface area contributed by atoms with Gasteiger partial charge < -0.3 is 25.0 Å². The van der Waals surface area contributed by atoms with Crippen molar-refractivity contribution in [3.63, 3.8) is 0 Å². The molecule has 29 heavy (non-hydrogen) atoms. The van der Waals surface area contributed by atoms with Gasteiger partial charge >= 0.3 is 0 Å². The lowest BCUT2D eigenvalue weighted by Crippen LogP contribution is -2.40. The number of benzene rings is 2. The number of hydrogen-bond acceptors (Lipinski definition) is 4. The molecule has 4 rings (SSSR count). The predicted molar refractivity (Wildman–Crippen MR) is 128 cm³/mol. The van der Waals surface area contributed by atoms with Crippen LogP contribution in [0.2, 0.25) is 0 Å². The minimum absolute atomic E-state index is 0. The van der Waals surface area contributed by atoms with Gasteiger partial charge in [-0.3, -0.25) is 0 Å². The second kappa shape index (κ2) is 10.6. The number of aliphatic imine (C=N–C) groups is 1. The van der Waals surface area contributed by atoms with Crippen LogP contribution in [0.3, 0.4) is 0 Å². The molecule has 2 heterocycles. The predicted octanol–water partition coefficient (Wildman–Crippen LogP) is 3.61. The fourth-order valence-electron chi connectivity index (χ4n) is 3.66. The quantitative estimate of drug-likeness (QED) is 0.355. The number of nitrogens with zero attached hydrogens (tertiary/aromatic N) is 2. The molecule has 7 heteroatoms. The topological polar surface area (TPSA) is 58.1 Å². The fourth-order valence-corrected chi connectivity index (χ4v) is 3.66. The summed E-state index contributed by atoms with van der Waals surface area (Å²) in [5.74, 6) is 3.09. The third kappa shape index (κ3) is 5.68. The van der Waals surface area contributed by atoms with E-state index in [1.165, 1.54) is 12.1 Å². The number of halogens is 1. The highest BCUT2D eigenvalue weighted by atomic mass is 127. The first-order chi connectivity index (χ1) is 13.8. The molecule has 1 atom stereocenters. The molecule has 1 saturated heterocycles. The fraction of sp³-hybridized carbons (Fsp3) is 0.409. The summed E-state index contributed by atoms with van der Waals surface area (Å²) >= 11 is 0. The molecule has 0 bridgehead atoms. The van der Waals surface area contributed by atoms with Crippen LogP contribution in [0.5, 0.6) is 11.5 Å². The summed E-state index contributed by atoms with van der Waals surface area (Å²) < 4.78 is 10.8. The summed E-state index contributed by atoms with van der Waals surface area (Å²) in [4.78, 5) is 7.19. The number of hydrogen-bond donors (Lipinski definition) is 2. The highest BCUT2D eigenvalue weighted by Crippen LogP contribution is 2.32. The largest absolute Gasteiger partial charge is 0.454 e. The van der Waals surface area contributed by atoms with Crippen molar-refractivity contribution >= 4 is 35.6 Å². The van der Waals surface area contributed by atoms with Crippen LogP contribution in [0.4, 0.5) is 5.69 Å². The second-order valence-electron chi connectivity index (χ2n) is 7.20. The van der Waals surface area contributed by atoms with Crippen molar-refractivity contribution < 1.29 is 9.47 Å². The first-order valence-corrected chi connectivity index (χ1v) is 10.0. The molecule has 156 valence electrons. The standard InChI is InChI=1S/C22H28N4O2.HI/c1-2-23-22(24-13-17-8-9-20-21(12-17)28-16-27-20)25-14-18-10-11-26(15-18)19-6-4-3-5-7-19;/h3-9,12,18H,2,10-11,13-16H2,1H3,(H2,23,24,25);1H. The van der Waals surface area contributed by atoms with Crippen LogP contribution in [0.15, 0.2) is 53.5 Å². The third-order valence-corrected chi connectivity index (χ3v) is 5.17. The van der Waals surface area contributed by atoms with Crippen molar-refractivity contribution in [3.8, 4) is 11.5 Å². The Morgan fingerprint density at radius 3 is 2.76 bits per heavy atom. The van der Waals surface area contributed by atoms with Crippen LogP contribution in [0.1, 0.15) is 18.9 Å². The number of para-hydroxylation sites is 1. The normalized spacial score (nSPS) is 17.8. The van der Waals surface area contributed by atoms with Gasteiger partial charge in [0.2, 0.25) is 6.79 Å². The Kier molecular flexibility index (Phi) is 7.85. The molecule has 2 aliphatic heterocycles. The zero-order valence-corrected chi connectivity index (χ0v) is 19.1. The minimum Gasteiger partial charge on any atom is -0.454 e. The number of rotatable bonds is 6.